The summed E-state index contributed by atoms with van der Waals surface area (Å²) in [5.74, 6) is -0.121. The van der Waals surface area contributed by atoms with E-state index in [1.807, 2.05) is 0 Å². The Kier molecular flexibility index (Phi) is 15.5. The van der Waals surface area contributed by atoms with Gasteiger partial charge in [0.25, 0.3) is 0 Å². The molecule has 0 saturated heterocycles. The maximum absolute atomic E-state index is 12.0. The summed E-state index contributed by atoms with van der Waals surface area (Å²) >= 11 is 17.9. The normalized spacial score (nSPS) is 11.3. The molecule has 5 heteroatoms. The molecule has 0 bridgehead atoms. The summed E-state index contributed by atoms with van der Waals surface area (Å²) in [6.45, 7) is 2.26. The molecule has 1 aromatic rings. The molecule has 0 aromatic heterocycles. The Balaban J connectivity index is 1.98. The average Bonchev–Trinajstić information content (AvgIpc) is 2.67. The maximum Gasteiger partial charge on any atom is 0.311 e. The first-order valence-corrected chi connectivity index (χ1v) is 12.2. The largest absolute Gasteiger partial charge is 0.423 e. The fraction of sp³-hybridized carbons (Fsp3) is 0.625. The molecule has 164 valence electrons. The van der Waals surface area contributed by atoms with Crippen molar-refractivity contribution in [2.45, 2.75) is 96.8 Å². The molecule has 0 unspecified atom stereocenters. The molecule has 2 nitrogen and oxygen atoms in total. The van der Waals surface area contributed by atoms with Crippen LogP contribution in [0.1, 0.15) is 96.8 Å². The van der Waals surface area contributed by atoms with Crippen LogP contribution in [0.25, 0.3) is 0 Å². The van der Waals surface area contributed by atoms with Crippen LogP contribution >= 0.6 is 34.8 Å². The summed E-state index contributed by atoms with van der Waals surface area (Å²) in [6, 6.07) is 3.03. The van der Waals surface area contributed by atoms with Gasteiger partial charge in [-0.05, 0) is 44.2 Å². The summed E-state index contributed by atoms with van der Waals surface area (Å²) < 4.78 is 5.28. The van der Waals surface area contributed by atoms with Crippen molar-refractivity contribution in [3.63, 3.8) is 0 Å². The predicted octanol–water partition coefficient (Wildman–Crippen LogP) is 9.59. The Morgan fingerprint density at radius 2 is 1.28 bits per heavy atom. The summed E-state index contributed by atoms with van der Waals surface area (Å²) in [5.41, 5.74) is 0. The molecule has 1 aromatic carbocycles. The summed E-state index contributed by atoms with van der Waals surface area (Å²) in [7, 11) is 0. The van der Waals surface area contributed by atoms with E-state index in [-0.39, 0.29) is 21.8 Å². The topological polar surface area (TPSA) is 26.3 Å². The first kappa shape index (κ1) is 26.3. The molecule has 0 spiro atoms. The minimum Gasteiger partial charge on any atom is -0.423 e. The predicted molar refractivity (Wildman–Crippen MR) is 127 cm³/mol. The van der Waals surface area contributed by atoms with Crippen LogP contribution in [0.4, 0.5) is 0 Å². The van der Waals surface area contributed by atoms with E-state index in [1.54, 1.807) is 0 Å². The smallest absolute Gasteiger partial charge is 0.311 e. The fourth-order valence-corrected chi connectivity index (χ4v) is 4.03. The number of hydrogen-bond donors (Lipinski definition) is 0. The van der Waals surface area contributed by atoms with Crippen LogP contribution in [0.3, 0.4) is 0 Å². The molecule has 29 heavy (non-hydrogen) atoms. The van der Waals surface area contributed by atoms with E-state index < -0.39 is 0 Å². The molecule has 0 aliphatic heterocycles. The van der Waals surface area contributed by atoms with Gasteiger partial charge in [-0.2, -0.15) is 0 Å². The molecule has 0 amide bonds. The van der Waals surface area contributed by atoms with Gasteiger partial charge in [0.1, 0.15) is 0 Å². The molecular formula is C24H35Cl3O2. The van der Waals surface area contributed by atoms with E-state index in [9.17, 15) is 4.79 Å². The van der Waals surface area contributed by atoms with Crippen LogP contribution in [-0.2, 0) is 4.79 Å². The van der Waals surface area contributed by atoms with Gasteiger partial charge in [0.2, 0.25) is 0 Å². The number of ether oxygens (including phenoxy) is 1. The summed E-state index contributed by atoms with van der Waals surface area (Å²) in [6.07, 6.45) is 21.0. The van der Waals surface area contributed by atoms with Crippen molar-refractivity contribution in [3.8, 4) is 5.75 Å². The lowest BCUT2D eigenvalue weighted by Gasteiger charge is -2.08. The molecule has 0 N–H and O–H groups in total. The highest BCUT2D eigenvalue weighted by atomic mass is 35.5. The van der Waals surface area contributed by atoms with E-state index in [1.165, 1.54) is 69.9 Å². The van der Waals surface area contributed by atoms with Crippen molar-refractivity contribution in [2.75, 3.05) is 0 Å². The van der Waals surface area contributed by atoms with Gasteiger partial charge in [-0.15, -0.1) is 0 Å². The van der Waals surface area contributed by atoms with E-state index in [2.05, 4.69) is 19.1 Å². The highest BCUT2D eigenvalue weighted by Gasteiger charge is 2.13. The number of carbonyl (C=O) groups is 1. The quantitative estimate of drug-likeness (QED) is 0.106. The minimum absolute atomic E-state index is 0.190. The third-order valence-electron chi connectivity index (χ3n) is 4.82. The summed E-state index contributed by atoms with van der Waals surface area (Å²) in [4.78, 5) is 12.0. The van der Waals surface area contributed by atoms with Gasteiger partial charge in [0.15, 0.2) is 5.75 Å². The molecule has 0 radical (unpaired) electrons. The zero-order valence-corrected chi connectivity index (χ0v) is 19.9. The lowest BCUT2D eigenvalue weighted by molar-refractivity contribution is -0.134. The second-order valence-electron chi connectivity index (χ2n) is 7.51. The molecule has 0 saturated carbocycles. The van der Waals surface area contributed by atoms with Gasteiger partial charge in [-0.3, -0.25) is 4.79 Å². The fourth-order valence-electron chi connectivity index (χ4n) is 3.13. The monoisotopic (exact) mass is 460 g/mol. The van der Waals surface area contributed by atoms with E-state index in [0.29, 0.717) is 11.4 Å². The van der Waals surface area contributed by atoms with Crippen molar-refractivity contribution in [3.05, 3.63) is 39.4 Å². The highest BCUT2D eigenvalue weighted by molar-refractivity contribution is 6.40. The zero-order chi connectivity index (χ0) is 21.3. The number of esters is 1. The van der Waals surface area contributed by atoms with Crippen molar-refractivity contribution in [2.24, 2.45) is 0 Å². The Morgan fingerprint density at radius 1 is 0.793 bits per heavy atom. The van der Waals surface area contributed by atoms with E-state index >= 15 is 0 Å². The SMILES string of the molecule is CCCCCCCC/C=C\CCCCCCCC(=O)Oc1c(Cl)cc(Cl)cc1Cl. The third-order valence-corrected chi connectivity index (χ3v) is 5.60. The van der Waals surface area contributed by atoms with Crippen LogP contribution in [-0.4, -0.2) is 5.97 Å². The number of unbranched alkanes of at least 4 members (excludes halogenated alkanes) is 11. The number of allylic oxidation sites excluding steroid dienone is 2. The van der Waals surface area contributed by atoms with Crippen LogP contribution < -0.4 is 4.74 Å². The number of halogens is 3. The lowest BCUT2D eigenvalue weighted by Crippen LogP contribution is -2.08. The molecule has 1 rings (SSSR count). The van der Waals surface area contributed by atoms with Crippen molar-refractivity contribution >= 4 is 40.8 Å². The van der Waals surface area contributed by atoms with Crippen molar-refractivity contribution in [1.29, 1.82) is 0 Å². The standard InChI is InChI=1S/C24H35Cl3O2/c1-2-3-4-5-6-7-8-9-10-11-12-13-14-15-16-17-23(28)29-24-21(26)18-20(25)19-22(24)27/h9-10,18-19H,2-8,11-17H2,1H3/b10-9-. The molecule has 0 aliphatic carbocycles. The van der Waals surface area contributed by atoms with Crippen LogP contribution in [0.2, 0.25) is 15.1 Å². The summed E-state index contributed by atoms with van der Waals surface area (Å²) in [5, 5.41) is 0.915. The van der Waals surface area contributed by atoms with E-state index in [0.717, 1.165) is 25.7 Å². The van der Waals surface area contributed by atoms with Gasteiger partial charge >= 0.3 is 5.97 Å². The van der Waals surface area contributed by atoms with E-state index in [4.69, 9.17) is 39.5 Å². The average molecular weight is 462 g/mol. The number of carbonyl (C=O) groups excluding carboxylic acids is 1. The van der Waals surface area contributed by atoms with Crippen molar-refractivity contribution in [1.82, 2.24) is 0 Å². The third kappa shape index (κ3) is 13.3. The Hall–Kier alpha value is -0.700. The number of rotatable bonds is 16. The van der Waals surface area contributed by atoms with Gasteiger partial charge in [-0.25, -0.2) is 0 Å². The van der Waals surface area contributed by atoms with Crippen LogP contribution in [0.5, 0.6) is 5.75 Å². The first-order valence-electron chi connectivity index (χ1n) is 11.0. The molecular weight excluding hydrogens is 427 g/mol. The number of benzene rings is 1. The minimum atomic E-state index is -0.311. The second-order valence-corrected chi connectivity index (χ2v) is 8.76. The lowest BCUT2D eigenvalue weighted by atomic mass is 10.1. The number of hydrogen-bond acceptors (Lipinski definition) is 2. The van der Waals surface area contributed by atoms with Gasteiger partial charge < -0.3 is 4.74 Å². The molecule has 0 atom stereocenters. The molecule has 0 aliphatic rings. The first-order chi connectivity index (χ1) is 14.0. The van der Waals surface area contributed by atoms with Crippen LogP contribution in [0.15, 0.2) is 24.3 Å². The Labute approximate surface area is 191 Å². The maximum atomic E-state index is 12.0. The Morgan fingerprint density at radius 3 is 1.83 bits per heavy atom. The van der Waals surface area contributed by atoms with Gasteiger partial charge in [-0.1, -0.05) is 105 Å². The van der Waals surface area contributed by atoms with Crippen LogP contribution in [0, 0.1) is 0 Å². The van der Waals surface area contributed by atoms with Gasteiger partial charge in [0.05, 0.1) is 10.0 Å². The molecule has 0 fully saturated rings. The van der Waals surface area contributed by atoms with Gasteiger partial charge in [0, 0.05) is 11.4 Å². The zero-order valence-electron chi connectivity index (χ0n) is 17.7. The highest BCUT2D eigenvalue weighted by Crippen LogP contribution is 2.36. The second kappa shape index (κ2) is 17.0. The Bertz CT molecular complexity index is 591. The van der Waals surface area contributed by atoms with Crippen molar-refractivity contribution < 1.29 is 9.53 Å². The molecule has 0 heterocycles.